The summed E-state index contributed by atoms with van der Waals surface area (Å²) in [5.74, 6) is 0.310. The average Bonchev–Trinajstić information content (AvgIpc) is 2.72. The molecule has 4 aliphatic rings. The van der Waals surface area contributed by atoms with Crippen LogP contribution in [0.2, 0.25) is 0 Å². The summed E-state index contributed by atoms with van der Waals surface area (Å²) < 4.78 is 12.0. The molecule has 1 aliphatic carbocycles. The highest BCUT2D eigenvalue weighted by Gasteiger charge is 2.55. The molecule has 1 saturated carbocycles. The summed E-state index contributed by atoms with van der Waals surface area (Å²) in [5.41, 5.74) is 3.98. The molecule has 31 heavy (non-hydrogen) atoms. The number of oxime groups is 1. The van der Waals surface area contributed by atoms with Crippen molar-refractivity contribution in [3.8, 4) is 0 Å². The van der Waals surface area contributed by atoms with Gasteiger partial charge in [-0.15, -0.1) is 0 Å². The molecule has 1 aromatic carbocycles. The molecule has 0 N–H and O–H groups in total. The molecule has 5 rings (SSSR count). The van der Waals surface area contributed by atoms with Gasteiger partial charge in [-0.05, 0) is 63.0 Å². The molecule has 0 radical (unpaired) electrons. The van der Waals surface area contributed by atoms with Crippen LogP contribution in [0.15, 0.2) is 35.0 Å². The molecule has 6 heteroatoms. The zero-order valence-electron chi connectivity index (χ0n) is 19.7. The molecule has 4 fully saturated rings. The van der Waals surface area contributed by atoms with Gasteiger partial charge in [0.15, 0.2) is 0 Å². The molecule has 2 unspecified atom stereocenters. The number of hydrogen-bond donors (Lipinski definition) is 0. The fourth-order valence-corrected chi connectivity index (χ4v) is 5.11. The van der Waals surface area contributed by atoms with Gasteiger partial charge in [-0.25, -0.2) is 0 Å². The Labute approximate surface area is 186 Å². The number of benzene rings is 1. The van der Waals surface area contributed by atoms with Crippen LogP contribution in [-0.2, 0) is 14.3 Å². The highest BCUT2D eigenvalue weighted by molar-refractivity contribution is 6.10. The number of fused-ring (bicyclic) bond motifs is 3. The third kappa shape index (κ3) is 4.81. The zero-order chi connectivity index (χ0) is 22.1. The molecule has 3 heterocycles. The Morgan fingerprint density at radius 1 is 1.16 bits per heavy atom. The van der Waals surface area contributed by atoms with Crippen molar-refractivity contribution in [3.05, 3.63) is 35.4 Å². The lowest BCUT2D eigenvalue weighted by Gasteiger charge is -2.55. The second-order valence-electron chi connectivity index (χ2n) is 9.84. The van der Waals surface area contributed by atoms with E-state index in [-0.39, 0.29) is 5.60 Å². The van der Waals surface area contributed by atoms with Gasteiger partial charge in [-0.2, -0.15) is 0 Å². The van der Waals surface area contributed by atoms with Crippen molar-refractivity contribution in [2.24, 2.45) is 11.1 Å². The predicted octanol–water partition coefficient (Wildman–Crippen LogP) is 3.82. The first kappa shape index (κ1) is 22.3. The van der Waals surface area contributed by atoms with Crippen molar-refractivity contribution >= 4 is 17.5 Å². The Kier molecular flexibility index (Phi) is 6.42. The first-order chi connectivity index (χ1) is 14.8. The molecule has 0 aromatic heterocycles. The van der Waals surface area contributed by atoms with Gasteiger partial charge in [-0.1, -0.05) is 17.3 Å². The standard InChI is InChI=1S/C25H37N3O3/c1-24(2)22-10-11-25(3,31-24)23(26-30-17-14-28-12-15-29-16-13-28)21(22)18-19-6-8-20(9-7-19)27(4)5/h6-9,18,22H,10-17H2,1-5H3/b21-18-,26-23-. The van der Waals surface area contributed by atoms with Crippen molar-refractivity contribution in [1.82, 2.24) is 4.90 Å². The van der Waals surface area contributed by atoms with Crippen LogP contribution in [0, 0.1) is 5.92 Å². The van der Waals surface area contributed by atoms with E-state index in [1.54, 1.807) is 0 Å². The Bertz CT molecular complexity index is 825. The highest BCUT2D eigenvalue weighted by Crippen LogP contribution is 2.51. The van der Waals surface area contributed by atoms with Gasteiger partial charge in [0.25, 0.3) is 0 Å². The van der Waals surface area contributed by atoms with Crippen LogP contribution < -0.4 is 4.90 Å². The van der Waals surface area contributed by atoms with Gasteiger partial charge in [-0.3, -0.25) is 4.90 Å². The van der Waals surface area contributed by atoms with Gasteiger partial charge in [0.2, 0.25) is 0 Å². The smallest absolute Gasteiger partial charge is 0.129 e. The molecule has 2 atom stereocenters. The molecule has 6 nitrogen and oxygen atoms in total. The summed E-state index contributed by atoms with van der Waals surface area (Å²) in [7, 11) is 4.13. The molecule has 0 amide bonds. The van der Waals surface area contributed by atoms with Crippen LogP contribution in [0.1, 0.15) is 39.2 Å². The summed E-state index contributed by atoms with van der Waals surface area (Å²) in [6.07, 6.45) is 4.37. The van der Waals surface area contributed by atoms with E-state index in [1.807, 2.05) is 0 Å². The van der Waals surface area contributed by atoms with Gasteiger partial charge in [0.05, 0.1) is 18.8 Å². The second kappa shape index (κ2) is 8.93. The highest BCUT2D eigenvalue weighted by atomic mass is 16.6. The van der Waals surface area contributed by atoms with E-state index in [0.717, 1.165) is 51.4 Å². The van der Waals surface area contributed by atoms with Crippen LogP contribution in [0.5, 0.6) is 0 Å². The summed E-state index contributed by atoms with van der Waals surface area (Å²) in [4.78, 5) is 10.3. The number of anilines is 1. The molecular formula is C25H37N3O3. The van der Waals surface area contributed by atoms with E-state index in [4.69, 9.17) is 14.3 Å². The maximum absolute atomic E-state index is 6.55. The van der Waals surface area contributed by atoms with Crippen molar-refractivity contribution in [2.75, 3.05) is 58.5 Å². The van der Waals surface area contributed by atoms with Crippen LogP contribution in [0.25, 0.3) is 6.08 Å². The minimum atomic E-state index is -0.410. The Morgan fingerprint density at radius 3 is 2.52 bits per heavy atom. The lowest BCUT2D eigenvalue weighted by molar-refractivity contribution is -0.165. The van der Waals surface area contributed by atoms with E-state index >= 15 is 0 Å². The normalized spacial score (nSPS) is 30.7. The first-order valence-electron chi connectivity index (χ1n) is 11.5. The molecule has 3 aliphatic heterocycles. The minimum Gasteiger partial charge on any atom is -0.394 e. The Morgan fingerprint density at radius 2 is 1.87 bits per heavy atom. The van der Waals surface area contributed by atoms with E-state index in [1.165, 1.54) is 16.8 Å². The lowest BCUT2D eigenvalue weighted by Crippen LogP contribution is -2.60. The van der Waals surface area contributed by atoms with Crippen LogP contribution in [0.3, 0.4) is 0 Å². The third-order valence-corrected chi connectivity index (χ3v) is 6.88. The maximum Gasteiger partial charge on any atom is 0.129 e. The first-order valence-corrected chi connectivity index (χ1v) is 11.5. The topological polar surface area (TPSA) is 46.5 Å². The summed E-state index contributed by atoms with van der Waals surface area (Å²) >= 11 is 0. The third-order valence-electron chi connectivity index (χ3n) is 6.88. The van der Waals surface area contributed by atoms with Crippen molar-refractivity contribution in [2.45, 2.75) is 44.8 Å². The number of ether oxygens (including phenoxy) is 2. The maximum atomic E-state index is 6.55. The summed E-state index contributed by atoms with van der Waals surface area (Å²) in [6, 6.07) is 8.67. The van der Waals surface area contributed by atoms with Gasteiger partial charge >= 0.3 is 0 Å². The minimum absolute atomic E-state index is 0.213. The van der Waals surface area contributed by atoms with Gasteiger partial charge in [0.1, 0.15) is 17.9 Å². The zero-order valence-corrected chi connectivity index (χ0v) is 19.7. The number of hydrogen-bond acceptors (Lipinski definition) is 6. The molecule has 0 spiro atoms. The van der Waals surface area contributed by atoms with Crippen LogP contribution in [0.4, 0.5) is 5.69 Å². The molecule has 3 saturated heterocycles. The number of morpholine rings is 1. The van der Waals surface area contributed by atoms with Crippen LogP contribution >= 0.6 is 0 Å². The quantitative estimate of drug-likeness (QED) is 0.510. The van der Waals surface area contributed by atoms with Gasteiger partial charge in [0, 0.05) is 45.3 Å². The monoisotopic (exact) mass is 427 g/mol. The van der Waals surface area contributed by atoms with Crippen LogP contribution in [-0.4, -0.2) is 75.4 Å². The number of nitrogens with zero attached hydrogens (tertiary/aromatic N) is 3. The fourth-order valence-electron chi connectivity index (χ4n) is 5.11. The van der Waals surface area contributed by atoms with E-state index < -0.39 is 5.60 Å². The molecule has 170 valence electrons. The van der Waals surface area contributed by atoms with Crippen molar-refractivity contribution < 1.29 is 14.3 Å². The van der Waals surface area contributed by atoms with E-state index in [0.29, 0.717) is 12.5 Å². The van der Waals surface area contributed by atoms with Crippen molar-refractivity contribution in [3.63, 3.8) is 0 Å². The molecule has 1 aromatic rings. The fraction of sp³-hybridized carbons (Fsp3) is 0.640. The average molecular weight is 428 g/mol. The molecule has 2 bridgehead atoms. The lowest BCUT2D eigenvalue weighted by atomic mass is 9.64. The largest absolute Gasteiger partial charge is 0.394 e. The Hall–Kier alpha value is -1.89. The van der Waals surface area contributed by atoms with Crippen molar-refractivity contribution in [1.29, 1.82) is 0 Å². The molecular weight excluding hydrogens is 390 g/mol. The van der Waals surface area contributed by atoms with E-state index in [9.17, 15) is 0 Å². The summed E-state index contributed by atoms with van der Waals surface area (Å²) in [6.45, 7) is 11.6. The number of rotatable bonds is 6. The van der Waals surface area contributed by atoms with Gasteiger partial charge < -0.3 is 19.2 Å². The summed E-state index contributed by atoms with van der Waals surface area (Å²) in [5, 5.41) is 4.67. The van der Waals surface area contributed by atoms with E-state index in [2.05, 4.69) is 80.2 Å². The predicted molar refractivity (Wildman–Crippen MR) is 126 cm³/mol. The Balaban J connectivity index is 1.56. The second-order valence-corrected chi connectivity index (χ2v) is 9.84. The SMILES string of the molecule is CN(C)c1ccc(/C=C2\C(=N\OCCN3CCOCC3)C3(C)CCC2C(C)(C)O3)cc1.